The molecule has 0 bridgehead atoms. The fourth-order valence-electron chi connectivity index (χ4n) is 5.77. The summed E-state index contributed by atoms with van der Waals surface area (Å²) in [6.07, 6.45) is 8.75. The Hall–Kier alpha value is -1.62. The van der Waals surface area contributed by atoms with Gasteiger partial charge in [0.25, 0.3) is 0 Å². The first-order chi connectivity index (χ1) is 14.1. The normalized spacial score (nSPS) is 21.3. The maximum atomic E-state index is 13.9. The van der Waals surface area contributed by atoms with E-state index in [1.54, 1.807) is 0 Å². The Kier molecular flexibility index (Phi) is 7.55. The van der Waals surface area contributed by atoms with Crippen LogP contribution in [0.3, 0.4) is 0 Å². The molecule has 1 unspecified atom stereocenters. The van der Waals surface area contributed by atoms with Gasteiger partial charge in [-0.3, -0.25) is 9.36 Å². The zero-order valence-corrected chi connectivity index (χ0v) is 19.5. The van der Waals surface area contributed by atoms with Crippen molar-refractivity contribution in [3.8, 4) is 0 Å². The van der Waals surface area contributed by atoms with E-state index < -0.39 is 14.3 Å². The first kappa shape index (κ1) is 22.1. The predicted octanol–water partition coefficient (Wildman–Crippen LogP) is 6.50. The van der Waals surface area contributed by atoms with Gasteiger partial charge >= 0.3 is 6.03 Å². The maximum Gasteiger partial charge on any atom is 0.319 e. The Balaban J connectivity index is 2.06. The van der Waals surface area contributed by atoms with Gasteiger partial charge in [-0.1, -0.05) is 89.6 Å². The molecular formula is C24H38N2O2Si. The van der Waals surface area contributed by atoms with E-state index >= 15 is 0 Å². The van der Waals surface area contributed by atoms with Gasteiger partial charge in [0.05, 0.1) is 0 Å². The molecule has 29 heavy (non-hydrogen) atoms. The lowest BCUT2D eigenvalue weighted by Crippen LogP contribution is -2.57. The van der Waals surface area contributed by atoms with E-state index in [9.17, 15) is 9.59 Å². The molecule has 2 aliphatic rings. The van der Waals surface area contributed by atoms with Crippen LogP contribution in [0.2, 0.25) is 18.1 Å². The third kappa shape index (κ3) is 4.30. The zero-order chi connectivity index (χ0) is 20.9. The van der Waals surface area contributed by atoms with Crippen LogP contribution in [0.1, 0.15) is 83.7 Å². The highest BCUT2D eigenvalue weighted by Crippen LogP contribution is 2.42. The molecule has 1 aliphatic heterocycles. The number of benzene rings is 1. The van der Waals surface area contributed by atoms with Crippen molar-refractivity contribution in [1.82, 2.24) is 9.47 Å². The quantitative estimate of drug-likeness (QED) is 0.342. The standard InChI is InChI=1S/C24H38N2O2Si/c1-4-17-29(18-5-2,19-6-3)26-23(27)22(20-13-9-7-10-14-20)25(24(26)28)21-15-11-8-12-16-21/h7,9-10,13-14,21-22H,4-6,8,11-12,15-19H2,1-3H3. The second-order valence-corrected chi connectivity index (χ2v) is 13.3. The van der Waals surface area contributed by atoms with Crippen molar-refractivity contribution in [2.24, 2.45) is 0 Å². The van der Waals surface area contributed by atoms with Crippen LogP contribution in [-0.4, -0.2) is 35.7 Å². The van der Waals surface area contributed by atoms with Gasteiger partial charge in [-0.25, -0.2) is 4.79 Å². The Morgan fingerprint density at radius 3 is 1.93 bits per heavy atom. The minimum Gasteiger partial charge on any atom is -0.306 e. The highest BCUT2D eigenvalue weighted by Gasteiger charge is 2.56. The van der Waals surface area contributed by atoms with Gasteiger partial charge in [0.15, 0.2) is 8.24 Å². The molecule has 0 N–H and O–H groups in total. The summed E-state index contributed by atoms with van der Waals surface area (Å²) >= 11 is 0. The fourth-order valence-corrected chi connectivity index (χ4v) is 11.1. The van der Waals surface area contributed by atoms with Crippen molar-refractivity contribution >= 4 is 20.2 Å². The molecule has 1 saturated heterocycles. The van der Waals surface area contributed by atoms with Crippen LogP contribution in [0.25, 0.3) is 0 Å². The van der Waals surface area contributed by atoms with E-state index in [2.05, 4.69) is 20.8 Å². The van der Waals surface area contributed by atoms with Crippen molar-refractivity contribution in [1.29, 1.82) is 0 Å². The summed E-state index contributed by atoms with van der Waals surface area (Å²) in [6.45, 7) is 6.60. The van der Waals surface area contributed by atoms with Crippen LogP contribution in [0.15, 0.2) is 30.3 Å². The van der Waals surface area contributed by atoms with Gasteiger partial charge in [-0.2, -0.15) is 0 Å². The molecule has 3 amide bonds. The summed E-state index contributed by atoms with van der Waals surface area (Å²) in [5.74, 6) is 0.0637. The van der Waals surface area contributed by atoms with Crippen molar-refractivity contribution in [2.45, 2.75) is 102 Å². The highest BCUT2D eigenvalue weighted by atomic mass is 28.3. The summed E-state index contributed by atoms with van der Waals surface area (Å²) in [4.78, 5) is 29.9. The van der Waals surface area contributed by atoms with Crippen LogP contribution < -0.4 is 0 Å². The summed E-state index contributed by atoms with van der Waals surface area (Å²) in [6, 6.07) is 12.9. The Morgan fingerprint density at radius 1 is 0.862 bits per heavy atom. The largest absolute Gasteiger partial charge is 0.319 e. The number of carbonyl (C=O) groups is 2. The zero-order valence-electron chi connectivity index (χ0n) is 18.5. The molecule has 1 aliphatic carbocycles. The van der Waals surface area contributed by atoms with Crippen LogP contribution >= 0.6 is 0 Å². The molecule has 2 fully saturated rings. The summed E-state index contributed by atoms with van der Waals surface area (Å²) in [7, 11) is -2.18. The highest BCUT2D eigenvalue weighted by molar-refractivity contribution is 6.81. The summed E-state index contributed by atoms with van der Waals surface area (Å²) < 4.78 is 1.86. The number of hydrogen-bond acceptors (Lipinski definition) is 2. The topological polar surface area (TPSA) is 40.6 Å². The molecule has 3 rings (SSSR count). The number of urea groups is 1. The lowest BCUT2D eigenvalue weighted by molar-refractivity contribution is -0.126. The van der Waals surface area contributed by atoms with Crippen molar-refractivity contribution < 1.29 is 9.59 Å². The van der Waals surface area contributed by atoms with Crippen molar-refractivity contribution in [3.05, 3.63) is 35.9 Å². The van der Waals surface area contributed by atoms with E-state index in [0.29, 0.717) is 0 Å². The van der Waals surface area contributed by atoms with Crippen LogP contribution in [0.4, 0.5) is 4.79 Å². The first-order valence-corrected chi connectivity index (χ1v) is 14.4. The number of hydrogen-bond donors (Lipinski definition) is 0. The maximum absolute atomic E-state index is 13.9. The van der Waals surface area contributed by atoms with E-state index in [0.717, 1.165) is 68.6 Å². The molecule has 1 atom stereocenters. The molecule has 5 heteroatoms. The van der Waals surface area contributed by atoms with E-state index in [4.69, 9.17) is 0 Å². The van der Waals surface area contributed by atoms with Gasteiger partial charge in [0.1, 0.15) is 6.04 Å². The van der Waals surface area contributed by atoms with Gasteiger partial charge in [0, 0.05) is 6.04 Å². The van der Waals surface area contributed by atoms with Gasteiger partial charge in [-0.05, 0) is 36.5 Å². The van der Waals surface area contributed by atoms with Gasteiger partial charge in [-0.15, -0.1) is 0 Å². The van der Waals surface area contributed by atoms with Gasteiger partial charge in [0.2, 0.25) is 5.91 Å². The molecule has 1 aromatic carbocycles. The molecule has 0 spiro atoms. The smallest absolute Gasteiger partial charge is 0.306 e. The number of carbonyl (C=O) groups excluding carboxylic acids is 2. The number of imide groups is 1. The van der Waals surface area contributed by atoms with Crippen molar-refractivity contribution in [3.63, 3.8) is 0 Å². The number of nitrogens with zero attached hydrogens (tertiary/aromatic N) is 2. The van der Waals surface area contributed by atoms with Crippen LogP contribution in [-0.2, 0) is 4.79 Å². The average Bonchev–Trinajstić information content (AvgIpc) is 3.00. The lowest BCUT2D eigenvalue weighted by Gasteiger charge is -2.39. The molecular weight excluding hydrogens is 376 g/mol. The second kappa shape index (κ2) is 9.92. The first-order valence-electron chi connectivity index (χ1n) is 11.8. The third-order valence-electron chi connectivity index (χ3n) is 6.85. The van der Waals surface area contributed by atoms with E-state index in [1.807, 2.05) is 39.8 Å². The summed E-state index contributed by atoms with van der Waals surface area (Å²) in [5.41, 5.74) is 0.978. The molecule has 1 heterocycles. The number of rotatable bonds is 9. The van der Waals surface area contributed by atoms with Crippen LogP contribution in [0, 0.1) is 0 Å². The molecule has 1 saturated carbocycles. The van der Waals surface area contributed by atoms with Crippen LogP contribution in [0.5, 0.6) is 0 Å². The minimum absolute atomic E-state index is 0.0257. The lowest BCUT2D eigenvalue weighted by atomic mass is 9.92. The van der Waals surface area contributed by atoms with E-state index in [-0.39, 0.29) is 18.0 Å². The fraction of sp³-hybridized carbons (Fsp3) is 0.667. The minimum atomic E-state index is -2.18. The number of amides is 3. The molecule has 0 aromatic heterocycles. The Morgan fingerprint density at radius 2 is 1.41 bits per heavy atom. The SMILES string of the molecule is CCC[Si](CCC)(CCC)N1C(=O)C(c2ccccc2)N(C2CCCCC2)C1=O. The molecule has 4 nitrogen and oxygen atoms in total. The molecule has 160 valence electrons. The molecule has 0 radical (unpaired) electrons. The van der Waals surface area contributed by atoms with Crippen molar-refractivity contribution in [2.75, 3.05) is 0 Å². The Bertz CT molecular complexity index is 670. The van der Waals surface area contributed by atoms with Gasteiger partial charge < -0.3 is 4.90 Å². The summed E-state index contributed by atoms with van der Waals surface area (Å²) in [5, 5.41) is 0. The average molecular weight is 415 g/mol. The third-order valence-corrected chi connectivity index (χ3v) is 12.5. The molecule has 1 aromatic rings. The second-order valence-electron chi connectivity index (χ2n) is 8.94. The predicted molar refractivity (Wildman–Crippen MR) is 121 cm³/mol. The Labute approximate surface area is 177 Å². The monoisotopic (exact) mass is 414 g/mol. The van der Waals surface area contributed by atoms with E-state index in [1.165, 1.54) is 6.42 Å².